The van der Waals surface area contributed by atoms with Crippen molar-refractivity contribution in [1.82, 2.24) is 4.90 Å². The highest BCUT2D eigenvalue weighted by Gasteiger charge is 2.31. The summed E-state index contributed by atoms with van der Waals surface area (Å²) in [6.45, 7) is 3.50. The summed E-state index contributed by atoms with van der Waals surface area (Å²) in [5.74, 6) is 0.553. The second-order valence-electron chi connectivity index (χ2n) is 4.52. The Morgan fingerprint density at radius 3 is 2.89 bits per heavy atom. The Kier molecular flexibility index (Phi) is 5.92. The van der Waals surface area contributed by atoms with E-state index in [1.165, 1.54) is 11.3 Å². The van der Waals surface area contributed by atoms with E-state index in [1.807, 2.05) is 4.90 Å². The van der Waals surface area contributed by atoms with E-state index in [2.05, 4.69) is 6.92 Å². The number of hydrogen-bond donors (Lipinski definition) is 1. The first-order chi connectivity index (χ1) is 8.13. The first-order valence-electron chi connectivity index (χ1n) is 5.90. The van der Waals surface area contributed by atoms with Crippen molar-refractivity contribution in [2.75, 3.05) is 13.1 Å². The van der Waals surface area contributed by atoms with E-state index in [9.17, 15) is 4.79 Å². The number of nitrogens with zero attached hydrogens (tertiary/aromatic N) is 1. The van der Waals surface area contributed by atoms with Crippen molar-refractivity contribution in [1.29, 1.82) is 0 Å². The van der Waals surface area contributed by atoms with E-state index in [0.29, 0.717) is 21.7 Å². The first kappa shape index (κ1) is 15.8. The van der Waals surface area contributed by atoms with E-state index >= 15 is 0 Å². The molecular weight excluding hydrogens is 291 g/mol. The van der Waals surface area contributed by atoms with Crippen LogP contribution in [-0.2, 0) is 0 Å². The average Bonchev–Trinajstić information content (AvgIpc) is 2.74. The Morgan fingerprint density at radius 1 is 1.61 bits per heavy atom. The molecule has 1 aliphatic rings. The SMILES string of the molecule is CC1CCCN(C(=O)c2ccc(Cl)s2)C1CN.Cl. The lowest BCUT2D eigenvalue weighted by molar-refractivity contribution is 0.0537. The zero-order valence-electron chi connectivity index (χ0n) is 10.3. The van der Waals surface area contributed by atoms with Crippen molar-refractivity contribution in [2.45, 2.75) is 25.8 Å². The van der Waals surface area contributed by atoms with E-state index in [0.717, 1.165) is 19.4 Å². The maximum absolute atomic E-state index is 12.4. The van der Waals surface area contributed by atoms with Crippen LogP contribution in [0, 0.1) is 5.92 Å². The number of nitrogens with two attached hydrogens (primary N) is 1. The van der Waals surface area contributed by atoms with Crippen LogP contribution >= 0.6 is 35.3 Å². The van der Waals surface area contributed by atoms with Gasteiger partial charge < -0.3 is 10.6 Å². The summed E-state index contributed by atoms with van der Waals surface area (Å²) >= 11 is 7.20. The molecule has 2 atom stereocenters. The van der Waals surface area contributed by atoms with Gasteiger partial charge in [0, 0.05) is 19.1 Å². The topological polar surface area (TPSA) is 46.3 Å². The highest BCUT2D eigenvalue weighted by Crippen LogP contribution is 2.28. The molecule has 2 unspecified atom stereocenters. The Hall–Kier alpha value is -0.290. The molecule has 0 radical (unpaired) electrons. The Balaban J connectivity index is 0.00000162. The molecule has 0 aliphatic carbocycles. The Labute approximate surface area is 123 Å². The lowest BCUT2D eigenvalue weighted by Crippen LogP contribution is -2.51. The summed E-state index contributed by atoms with van der Waals surface area (Å²) in [4.78, 5) is 15.0. The van der Waals surface area contributed by atoms with Crippen LogP contribution in [-0.4, -0.2) is 29.9 Å². The third-order valence-corrected chi connectivity index (χ3v) is 4.62. The maximum atomic E-state index is 12.4. The normalized spacial score (nSPS) is 23.6. The highest BCUT2D eigenvalue weighted by atomic mass is 35.5. The molecular formula is C12H18Cl2N2OS. The van der Waals surface area contributed by atoms with Gasteiger partial charge in [-0.2, -0.15) is 0 Å². The van der Waals surface area contributed by atoms with E-state index in [4.69, 9.17) is 17.3 Å². The minimum Gasteiger partial charge on any atom is -0.333 e. The molecule has 0 spiro atoms. The number of rotatable bonds is 2. The van der Waals surface area contributed by atoms with Crippen LogP contribution in [0.4, 0.5) is 0 Å². The minimum atomic E-state index is 0. The molecule has 0 aromatic carbocycles. The van der Waals surface area contributed by atoms with Gasteiger partial charge in [0.1, 0.15) is 0 Å². The van der Waals surface area contributed by atoms with Gasteiger partial charge in [0.15, 0.2) is 0 Å². The van der Waals surface area contributed by atoms with Crippen LogP contribution in [0.3, 0.4) is 0 Å². The average molecular weight is 309 g/mol. The van der Waals surface area contributed by atoms with Crippen molar-refractivity contribution in [3.05, 3.63) is 21.3 Å². The molecule has 1 aliphatic heterocycles. The number of hydrogen-bond acceptors (Lipinski definition) is 3. The minimum absolute atomic E-state index is 0. The molecule has 6 heteroatoms. The van der Waals surface area contributed by atoms with Crippen LogP contribution in [0.15, 0.2) is 12.1 Å². The quantitative estimate of drug-likeness (QED) is 0.913. The monoisotopic (exact) mass is 308 g/mol. The molecule has 0 bridgehead atoms. The largest absolute Gasteiger partial charge is 0.333 e. The summed E-state index contributed by atoms with van der Waals surface area (Å²) < 4.78 is 0.655. The van der Waals surface area contributed by atoms with Gasteiger partial charge in [-0.15, -0.1) is 23.7 Å². The van der Waals surface area contributed by atoms with Crippen LogP contribution in [0.1, 0.15) is 29.4 Å². The van der Waals surface area contributed by atoms with Gasteiger partial charge in [-0.25, -0.2) is 0 Å². The molecule has 2 N–H and O–H groups in total. The number of halogens is 2. The predicted molar refractivity (Wildman–Crippen MR) is 78.9 cm³/mol. The van der Waals surface area contributed by atoms with Crippen LogP contribution in [0.5, 0.6) is 0 Å². The fourth-order valence-electron chi connectivity index (χ4n) is 2.43. The van der Waals surface area contributed by atoms with Gasteiger partial charge >= 0.3 is 0 Å². The number of amides is 1. The fourth-order valence-corrected chi connectivity index (χ4v) is 3.43. The standard InChI is InChI=1S/C12H17ClN2OS.ClH/c1-8-3-2-6-15(9(8)7-14)12(16)10-4-5-11(13)17-10;/h4-5,8-9H,2-3,6-7,14H2,1H3;1H. The maximum Gasteiger partial charge on any atom is 0.264 e. The summed E-state index contributed by atoms with van der Waals surface area (Å²) in [6, 6.07) is 3.73. The van der Waals surface area contributed by atoms with Crippen LogP contribution < -0.4 is 5.73 Å². The number of likely N-dealkylation sites (tertiary alicyclic amines) is 1. The second kappa shape index (κ2) is 6.75. The third-order valence-electron chi connectivity index (χ3n) is 3.40. The zero-order valence-corrected chi connectivity index (χ0v) is 12.7. The Morgan fingerprint density at radius 2 is 2.33 bits per heavy atom. The zero-order chi connectivity index (χ0) is 12.4. The number of piperidine rings is 1. The predicted octanol–water partition coefficient (Wildman–Crippen LogP) is 3.02. The lowest BCUT2D eigenvalue weighted by Gasteiger charge is -2.39. The van der Waals surface area contributed by atoms with Crippen molar-refractivity contribution in [3.63, 3.8) is 0 Å². The van der Waals surface area contributed by atoms with Crippen LogP contribution in [0.2, 0.25) is 4.34 Å². The smallest absolute Gasteiger partial charge is 0.264 e. The lowest BCUT2D eigenvalue weighted by atomic mass is 9.90. The molecule has 2 heterocycles. The van der Waals surface area contributed by atoms with Gasteiger partial charge in [-0.1, -0.05) is 18.5 Å². The summed E-state index contributed by atoms with van der Waals surface area (Å²) in [5.41, 5.74) is 5.79. The molecule has 2 rings (SSSR count). The van der Waals surface area contributed by atoms with Crippen LogP contribution in [0.25, 0.3) is 0 Å². The van der Waals surface area contributed by atoms with Gasteiger partial charge in [0.05, 0.1) is 9.21 Å². The van der Waals surface area contributed by atoms with Gasteiger partial charge in [-0.3, -0.25) is 4.79 Å². The first-order valence-corrected chi connectivity index (χ1v) is 7.09. The molecule has 0 saturated carbocycles. The molecule has 1 fully saturated rings. The summed E-state index contributed by atoms with van der Waals surface area (Å²) in [7, 11) is 0. The molecule has 102 valence electrons. The van der Waals surface area contributed by atoms with E-state index in [-0.39, 0.29) is 24.4 Å². The van der Waals surface area contributed by atoms with Crippen molar-refractivity contribution in [3.8, 4) is 0 Å². The van der Waals surface area contributed by atoms with Crippen molar-refractivity contribution < 1.29 is 4.79 Å². The fraction of sp³-hybridized carbons (Fsp3) is 0.583. The molecule has 1 saturated heterocycles. The molecule has 1 aromatic heterocycles. The molecule has 3 nitrogen and oxygen atoms in total. The van der Waals surface area contributed by atoms with E-state index < -0.39 is 0 Å². The molecule has 18 heavy (non-hydrogen) atoms. The van der Waals surface area contributed by atoms with Crippen molar-refractivity contribution >= 4 is 41.3 Å². The summed E-state index contributed by atoms with van der Waals surface area (Å²) in [6.07, 6.45) is 2.21. The number of thiophene rings is 1. The van der Waals surface area contributed by atoms with Gasteiger partial charge in [0.2, 0.25) is 0 Å². The number of carbonyl (C=O) groups is 1. The second-order valence-corrected chi connectivity index (χ2v) is 6.24. The number of carbonyl (C=O) groups excluding carboxylic acids is 1. The van der Waals surface area contributed by atoms with Gasteiger partial charge in [-0.05, 0) is 30.9 Å². The third kappa shape index (κ3) is 3.18. The van der Waals surface area contributed by atoms with Crippen molar-refractivity contribution in [2.24, 2.45) is 11.7 Å². The highest BCUT2D eigenvalue weighted by molar-refractivity contribution is 7.17. The summed E-state index contributed by atoms with van der Waals surface area (Å²) in [5, 5.41) is 0. The van der Waals surface area contributed by atoms with E-state index in [1.54, 1.807) is 12.1 Å². The molecule has 1 aromatic rings. The molecule has 1 amide bonds. The van der Waals surface area contributed by atoms with Gasteiger partial charge in [0.25, 0.3) is 5.91 Å². The Bertz CT molecular complexity index is 411.